The van der Waals surface area contributed by atoms with E-state index in [1.807, 2.05) is 0 Å². The van der Waals surface area contributed by atoms with Gasteiger partial charge < -0.3 is 46.3 Å². The SMILES string of the molecule is CC(C=O)NC(=O)C(N)CCCCNCCC1(O)CC(O)C(O)C(CO)O1. The molecule has 27 heavy (non-hydrogen) atoms. The van der Waals surface area contributed by atoms with Crippen LogP contribution in [0.5, 0.6) is 0 Å². The van der Waals surface area contributed by atoms with Crippen molar-refractivity contribution in [3.63, 3.8) is 0 Å². The Morgan fingerprint density at radius 3 is 2.70 bits per heavy atom. The molecule has 6 unspecified atom stereocenters. The Morgan fingerprint density at radius 1 is 1.37 bits per heavy atom. The van der Waals surface area contributed by atoms with E-state index in [1.54, 1.807) is 6.92 Å². The van der Waals surface area contributed by atoms with Gasteiger partial charge in [0, 0.05) is 19.4 Å². The number of amides is 1. The van der Waals surface area contributed by atoms with Crippen LogP contribution in [0.25, 0.3) is 0 Å². The van der Waals surface area contributed by atoms with Crippen LogP contribution in [0.4, 0.5) is 0 Å². The molecule has 1 saturated heterocycles. The van der Waals surface area contributed by atoms with Gasteiger partial charge in [-0.15, -0.1) is 0 Å². The lowest BCUT2D eigenvalue weighted by Crippen LogP contribution is -2.56. The Hall–Kier alpha value is -1.14. The van der Waals surface area contributed by atoms with Gasteiger partial charge in [0.25, 0.3) is 0 Å². The van der Waals surface area contributed by atoms with Crippen LogP contribution in [0.1, 0.15) is 39.0 Å². The smallest absolute Gasteiger partial charge is 0.237 e. The minimum atomic E-state index is -1.60. The Morgan fingerprint density at radius 2 is 2.07 bits per heavy atom. The second-order valence-electron chi connectivity index (χ2n) is 7.08. The lowest BCUT2D eigenvalue weighted by atomic mass is 9.94. The zero-order chi connectivity index (χ0) is 20.4. The van der Waals surface area contributed by atoms with Gasteiger partial charge in [0.1, 0.15) is 18.5 Å². The molecule has 0 radical (unpaired) electrons. The molecular weight excluding hydrogens is 358 g/mol. The highest BCUT2D eigenvalue weighted by molar-refractivity contribution is 5.83. The van der Waals surface area contributed by atoms with Crippen LogP contribution in [0.2, 0.25) is 0 Å². The molecule has 0 spiro atoms. The average molecular weight is 391 g/mol. The number of aldehydes is 1. The van der Waals surface area contributed by atoms with Crippen molar-refractivity contribution in [3.8, 4) is 0 Å². The molecule has 0 aliphatic carbocycles. The molecule has 0 aromatic carbocycles. The molecule has 10 heteroatoms. The molecule has 6 atom stereocenters. The standard InChI is InChI=1S/C17H33N3O7/c1-11(9-21)20-16(25)12(18)4-2-3-6-19-7-5-17(26)8-13(23)15(24)14(10-22)27-17/h9,11-15,19,22-24,26H,2-8,10,18H2,1H3,(H,20,25). The molecule has 1 aliphatic heterocycles. The minimum Gasteiger partial charge on any atom is -0.394 e. The van der Waals surface area contributed by atoms with Crippen LogP contribution in [-0.2, 0) is 14.3 Å². The number of rotatable bonds is 12. The maximum absolute atomic E-state index is 11.7. The quantitative estimate of drug-likeness (QED) is 0.138. The second kappa shape index (κ2) is 11.6. The average Bonchev–Trinajstić information content (AvgIpc) is 2.63. The molecule has 0 saturated carbocycles. The van der Waals surface area contributed by atoms with E-state index in [9.17, 15) is 24.9 Å². The summed E-state index contributed by atoms with van der Waals surface area (Å²) in [5, 5.41) is 44.6. The van der Waals surface area contributed by atoms with E-state index in [4.69, 9.17) is 15.6 Å². The van der Waals surface area contributed by atoms with E-state index in [2.05, 4.69) is 10.6 Å². The lowest BCUT2D eigenvalue weighted by molar-refractivity contribution is -0.306. The zero-order valence-electron chi connectivity index (χ0n) is 15.7. The predicted molar refractivity (Wildman–Crippen MR) is 96.5 cm³/mol. The third-order valence-electron chi connectivity index (χ3n) is 4.58. The zero-order valence-corrected chi connectivity index (χ0v) is 15.7. The van der Waals surface area contributed by atoms with Crippen molar-refractivity contribution in [3.05, 3.63) is 0 Å². The van der Waals surface area contributed by atoms with Gasteiger partial charge in [-0.1, -0.05) is 6.42 Å². The number of carbonyl (C=O) groups excluding carboxylic acids is 2. The molecule has 1 rings (SSSR count). The van der Waals surface area contributed by atoms with E-state index >= 15 is 0 Å². The van der Waals surface area contributed by atoms with Gasteiger partial charge in [-0.25, -0.2) is 0 Å². The van der Waals surface area contributed by atoms with Crippen LogP contribution in [0, 0.1) is 0 Å². The fourth-order valence-corrected chi connectivity index (χ4v) is 2.92. The fourth-order valence-electron chi connectivity index (χ4n) is 2.92. The molecule has 10 nitrogen and oxygen atoms in total. The number of hydrogen-bond donors (Lipinski definition) is 7. The van der Waals surface area contributed by atoms with Gasteiger partial charge in [0.05, 0.1) is 24.8 Å². The number of nitrogens with one attached hydrogen (secondary N) is 2. The monoisotopic (exact) mass is 391 g/mol. The second-order valence-corrected chi connectivity index (χ2v) is 7.08. The van der Waals surface area contributed by atoms with Gasteiger partial charge in [-0.2, -0.15) is 0 Å². The largest absolute Gasteiger partial charge is 0.394 e. The van der Waals surface area contributed by atoms with Crippen molar-refractivity contribution < 1.29 is 34.8 Å². The number of aliphatic hydroxyl groups excluding tert-OH is 3. The van der Waals surface area contributed by atoms with Crippen molar-refractivity contribution in [2.75, 3.05) is 19.7 Å². The first kappa shape index (κ1) is 23.9. The number of carbonyl (C=O) groups is 2. The van der Waals surface area contributed by atoms with Gasteiger partial charge in [-0.05, 0) is 26.3 Å². The number of nitrogens with two attached hydrogens (primary N) is 1. The van der Waals surface area contributed by atoms with Gasteiger partial charge in [-0.3, -0.25) is 4.79 Å². The maximum Gasteiger partial charge on any atom is 0.237 e. The number of aliphatic hydroxyl groups is 4. The van der Waals surface area contributed by atoms with E-state index in [0.717, 1.165) is 12.8 Å². The highest BCUT2D eigenvalue weighted by Gasteiger charge is 2.44. The van der Waals surface area contributed by atoms with E-state index in [1.165, 1.54) is 0 Å². The minimum absolute atomic E-state index is 0.129. The predicted octanol–water partition coefficient (Wildman–Crippen LogP) is -2.64. The highest BCUT2D eigenvalue weighted by Crippen LogP contribution is 2.29. The first-order valence-corrected chi connectivity index (χ1v) is 9.31. The van der Waals surface area contributed by atoms with Crippen LogP contribution in [0.15, 0.2) is 0 Å². The molecule has 1 amide bonds. The number of unbranched alkanes of at least 4 members (excludes halogenated alkanes) is 1. The van der Waals surface area contributed by atoms with Crippen LogP contribution in [-0.4, -0.2) is 88.5 Å². The summed E-state index contributed by atoms with van der Waals surface area (Å²) in [4.78, 5) is 22.2. The Labute approximate surface area is 159 Å². The van der Waals surface area contributed by atoms with Crippen molar-refractivity contribution >= 4 is 12.2 Å². The van der Waals surface area contributed by atoms with Crippen molar-refractivity contribution in [1.29, 1.82) is 0 Å². The first-order valence-electron chi connectivity index (χ1n) is 9.31. The Bertz CT molecular complexity index is 468. The normalized spacial score (nSPS) is 30.5. The van der Waals surface area contributed by atoms with E-state index in [0.29, 0.717) is 25.8 Å². The maximum atomic E-state index is 11.7. The molecule has 0 aromatic heterocycles. The summed E-state index contributed by atoms with van der Waals surface area (Å²) >= 11 is 0. The molecule has 1 aliphatic rings. The topological polar surface area (TPSA) is 174 Å². The van der Waals surface area contributed by atoms with Crippen molar-refractivity contribution in [2.24, 2.45) is 5.73 Å². The van der Waals surface area contributed by atoms with E-state index in [-0.39, 0.29) is 18.7 Å². The molecule has 0 aromatic rings. The number of ether oxygens (including phenoxy) is 1. The van der Waals surface area contributed by atoms with Gasteiger partial charge in [0.2, 0.25) is 5.91 Å². The summed E-state index contributed by atoms with van der Waals surface area (Å²) in [7, 11) is 0. The molecular formula is C17H33N3O7. The third kappa shape index (κ3) is 8.18. The summed E-state index contributed by atoms with van der Waals surface area (Å²) in [6.45, 7) is 2.14. The summed E-state index contributed by atoms with van der Waals surface area (Å²) in [6.07, 6.45) is -0.716. The van der Waals surface area contributed by atoms with Gasteiger partial charge in [0.15, 0.2) is 5.79 Å². The Kier molecular flexibility index (Phi) is 10.3. The third-order valence-corrected chi connectivity index (χ3v) is 4.58. The van der Waals surface area contributed by atoms with E-state index < -0.39 is 42.8 Å². The summed E-state index contributed by atoms with van der Waals surface area (Å²) in [6, 6.07) is -1.21. The highest BCUT2D eigenvalue weighted by atomic mass is 16.6. The molecule has 158 valence electrons. The summed E-state index contributed by atoms with van der Waals surface area (Å²) in [5.41, 5.74) is 5.76. The molecule has 1 fully saturated rings. The molecule has 0 bridgehead atoms. The first-order chi connectivity index (χ1) is 12.7. The summed E-state index contributed by atoms with van der Waals surface area (Å²) < 4.78 is 5.30. The van der Waals surface area contributed by atoms with Crippen LogP contribution < -0.4 is 16.4 Å². The van der Waals surface area contributed by atoms with Crippen LogP contribution >= 0.6 is 0 Å². The Balaban J connectivity index is 2.16. The lowest BCUT2D eigenvalue weighted by Gasteiger charge is -2.42. The summed E-state index contributed by atoms with van der Waals surface area (Å²) in [5.74, 6) is -1.95. The number of hydrogen-bond acceptors (Lipinski definition) is 9. The fraction of sp³-hybridized carbons (Fsp3) is 0.882. The molecule has 1 heterocycles. The van der Waals surface area contributed by atoms with Crippen molar-refractivity contribution in [2.45, 2.75) is 75.2 Å². The van der Waals surface area contributed by atoms with Gasteiger partial charge >= 0.3 is 0 Å². The van der Waals surface area contributed by atoms with Crippen molar-refractivity contribution in [1.82, 2.24) is 10.6 Å². The molecule has 8 N–H and O–H groups in total. The van der Waals surface area contributed by atoms with Crippen LogP contribution in [0.3, 0.4) is 0 Å².